The molecule has 2 rings (SSSR count). The Kier molecular flexibility index (Phi) is 4.24. The lowest BCUT2D eigenvalue weighted by Crippen LogP contribution is -2.15. The van der Waals surface area contributed by atoms with Crippen LogP contribution in [0.2, 0.25) is 0 Å². The van der Waals surface area contributed by atoms with E-state index in [1.165, 1.54) is 5.56 Å². The first kappa shape index (κ1) is 14.0. The lowest BCUT2D eigenvalue weighted by atomic mass is 10.1. The zero-order valence-corrected chi connectivity index (χ0v) is 13.2. The number of hydrogen-bond donors (Lipinski definition) is 1. The summed E-state index contributed by atoms with van der Waals surface area (Å²) in [6.07, 6.45) is 0.283. The van der Waals surface area contributed by atoms with Crippen LogP contribution in [0.5, 0.6) is 0 Å². The third-order valence-electron chi connectivity index (χ3n) is 2.97. The maximum atomic E-state index is 12.0. The summed E-state index contributed by atoms with van der Waals surface area (Å²) in [6, 6.07) is 5.86. The van der Waals surface area contributed by atoms with E-state index >= 15 is 0 Å². The highest BCUT2D eigenvalue weighted by molar-refractivity contribution is 14.1. The van der Waals surface area contributed by atoms with E-state index in [0.29, 0.717) is 5.76 Å². The number of benzene rings is 1. The summed E-state index contributed by atoms with van der Waals surface area (Å²) in [5.41, 5.74) is 3.64. The number of amides is 1. The molecule has 0 saturated carbocycles. The Morgan fingerprint density at radius 2 is 2.11 bits per heavy atom. The summed E-state index contributed by atoms with van der Waals surface area (Å²) in [5.74, 6) is 0.639. The lowest BCUT2D eigenvalue weighted by Gasteiger charge is -2.07. The second-order valence-corrected chi connectivity index (χ2v) is 5.65. The van der Waals surface area contributed by atoms with Crippen molar-refractivity contribution >= 4 is 34.2 Å². The molecule has 0 saturated heterocycles. The number of halogens is 1. The van der Waals surface area contributed by atoms with E-state index in [1.54, 1.807) is 0 Å². The van der Waals surface area contributed by atoms with E-state index in [0.717, 1.165) is 20.5 Å². The van der Waals surface area contributed by atoms with Crippen molar-refractivity contribution in [2.75, 3.05) is 5.32 Å². The first-order valence-corrected chi connectivity index (χ1v) is 7.03. The second kappa shape index (κ2) is 5.73. The van der Waals surface area contributed by atoms with Crippen molar-refractivity contribution in [2.24, 2.45) is 0 Å². The van der Waals surface area contributed by atoms with Gasteiger partial charge in [0.15, 0.2) is 0 Å². The molecule has 2 aromatic rings. The minimum atomic E-state index is -0.0611. The van der Waals surface area contributed by atoms with Crippen LogP contribution in [-0.4, -0.2) is 11.1 Å². The van der Waals surface area contributed by atoms with Crippen LogP contribution in [-0.2, 0) is 11.2 Å². The van der Waals surface area contributed by atoms with Crippen LogP contribution < -0.4 is 5.32 Å². The van der Waals surface area contributed by atoms with E-state index in [9.17, 15) is 4.79 Å². The van der Waals surface area contributed by atoms with Gasteiger partial charge in [0.05, 0.1) is 12.1 Å². The molecule has 1 heterocycles. The molecule has 1 aromatic heterocycles. The van der Waals surface area contributed by atoms with Crippen LogP contribution in [0, 0.1) is 24.3 Å². The van der Waals surface area contributed by atoms with Crippen molar-refractivity contribution in [2.45, 2.75) is 27.2 Å². The Labute approximate surface area is 125 Å². The monoisotopic (exact) mass is 370 g/mol. The Morgan fingerprint density at radius 3 is 2.68 bits per heavy atom. The molecule has 0 bridgehead atoms. The third-order valence-corrected chi connectivity index (χ3v) is 4.14. The van der Waals surface area contributed by atoms with E-state index in [2.05, 4.69) is 33.1 Å². The van der Waals surface area contributed by atoms with Crippen molar-refractivity contribution in [1.82, 2.24) is 5.16 Å². The molecule has 5 heteroatoms. The smallest absolute Gasteiger partial charge is 0.228 e. The molecule has 1 N–H and O–H groups in total. The maximum absolute atomic E-state index is 12.0. The molecular formula is C14H15IN2O2. The second-order valence-electron chi connectivity index (χ2n) is 4.49. The number of carbonyl (C=O) groups is 1. The van der Waals surface area contributed by atoms with Crippen LogP contribution in [0.4, 0.5) is 5.69 Å². The minimum absolute atomic E-state index is 0.0611. The molecule has 1 aromatic carbocycles. The Morgan fingerprint density at radius 1 is 1.37 bits per heavy atom. The van der Waals surface area contributed by atoms with Gasteiger partial charge >= 0.3 is 0 Å². The number of hydrogen-bond acceptors (Lipinski definition) is 3. The standard InChI is InChI=1S/C14H15IN2O2/c1-8-4-5-11(6-13(8)15)16-14(18)7-12-9(2)17-19-10(12)3/h4-6H,7H2,1-3H3,(H,16,18). The van der Waals surface area contributed by atoms with Gasteiger partial charge in [-0.3, -0.25) is 4.79 Å². The molecule has 1 amide bonds. The maximum Gasteiger partial charge on any atom is 0.228 e. The summed E-state index contributed by atoms with van der Waals surface area (Å²) in [7, 11) is 0. The van der Waals surface area contributed by atoms with Crippen molar-refractivity contribution in [3.63, 3.8) is 0 Å². The number of nitrogens with zero attached hydrogens (tertiary/aromatic N) is 1. The first-order chi connectivity index (χ1) is 8.97. The number of carbonyl (C=O) groups excluding carboxylic acids is 1. The highest BCUT2D eigenvalue weighted by Crippen LogP contribution is 2.18. The SMILES string of the molecule is Cc1ccc(NC(=O)Cc2c(C)noc2C)cc1I. The highest BCUT2D eigenvalue weighted by atomic mass is 127. The molecule has 0 atom stereocenters. The third kappa shape index (κ3) is 3.34. The van der Waals surface area contributed by atoms with Crippen LogP contribution in [0.3, 0.4) is 0 Å². The first-order valence-electron chi connectivity index (χ1n) is 5.95. The molecule has 0 aliphatic heterocycles. The molecule has 0 unspecified atom stereocenters. The molecule has 100 valence electrons. The zero-order valence-electron chi connectivity index (χ0n) is 11.1. The van der Waals surface area contributed by atoms with Gasteiger partial charge < -0.3 is 9.84 Å². The number of aromatic nitrogens is 1. The van der Waals surface area contributed by atoms with E-state index in [4.69, 9.17) is 4.52 Å². The summed E-state index contributed by atoms with van der Waals surface area (Å²) in [4.78, 5) is 12.0. The molecule has 0 radical (unpaired) electrons. The van der Waals surface area contributed by atoms with Gasteiger partial charge in [0, 0.05) is 14.8 Å². The van der Waals surface area contributed by atoms with Crippen molar-refractivity contribution < 1.29 is 9.32 Å². The quantitative estimate of drug-likeness (QED) is 0.843. The average molecular weight is 370 g/mol. The van der Waals surface area contributed by atoms with Gasteiger partial charge in [-0.1, -0.05) is 11.2 Å². The van der Waals surface area contributed by atoms with E-state index in [1.807, 2.05) is 39.0 Å². The number of anilines is 1. The Hall–Kier alpha value is -1.37. The Bertz CT molecular complexity index is 600. The molecular weight excluding hydrogens is 355 g/mol. The lowest BCUT2D eigenvalue weighted by molar-refractivity contribution is -0.115. The van der Waals surface area contributed by atoms with Crippen molar-refractivity contribution in [3.8, 4) is 0 Å². The molecule has 0 spiro atoms. The predicted molar refractivity (Wildman–Crippen MR) is 82.2 cm³/mol. The Balaban J connectivity index is 2.07. The van der Waals surface area contributed by atoms with Gasteiger partial charge in [0.25, 0.3) is 0 Å². The van der Waals surface area contributed by atoms with Crippen LogP contribution in [0.1, 0.15) is 22.6 Å². The van der Waals surface area contributed by atoms with Crippen LogP contribution in [0.25, 0.3) is 0 Å². The largest absolute Gasteiger partial charge is 0.361 e. The summed E-state index contributed by atoms with van der Waals surface area (Å²) < 4.78 is 6.18. The molecule has 0 fully saturated rings. The number of rotatable bonds is 3. The van der Waals surface area contributed by atoms with Crippen LogP contribution >= 0.6 is 22.6 Å². The molecule has 19 heavy (non-hydrogen) atoms. The van der Waals surface area contributed by atoms with Crippen molar-refractivity contribution in [1.29, 1.82) is 0 Å². The highest BCUT2D eigenvalue weighted by Gasteiger charge is 2.13. The minimum Gasteiger partial charge on any atom is -0.361 e. The van der Waals surface area contributed by atoms with Crippen LogP contribution in [0.15, 0.2) is 22.7 Å². The van der Waals surface area contributed by atoms with Gasteiger partial charge in [0.1, 0.15) is 5.76 Å². The van der Waals surface area contributed by atoms with Gasteiger partial charge in [-0.15, -0.1) is 0 Å². The van der Waals surface area contributed by atoms with Gasteiger partial charge in [0.2, 0.25) is 5.91 Å². The van der Waals surface area contributed by atoms with Gasteiger partial charge in [-0.25, -0.2) is 0 Å². The molecule has 0 aliphatic rings. The van der Waals surface area contributed by atoms with E-state index in [-0.39, 0.29) is 12.3 Å². The van der Waals surface area contributed by atoms with Gasteiger partial charge in [-0.05, 0) is 61.1 Å². The average Bonchev–Trinajstić information content (AvgIpc) is 2.66. The number of aryl methyl sites for hydroxylation is 3. The van der Waals surface area contributed by atoms with Gasteiger partial charge in [-0.2, -0.15) is 0 Å². The van der Waals surface area contributed by atoms with E-state index < -0.39 is 0 Å². The fourth-order valence-corrected chi connectivity index (χ4v) is 2.31. The predicted octanol–water partition coefficient (Wildman–Crippen LogP) is 3.39. The summed E-state index contributed by atoms with van der Waals surface area (Å²) in [5, 5.41) is 6.74. The molecule has 0 aliphatic carbocycles. The van der Waals surface area contributed by atoms with Crippen molar-refractivity contribution in [3.05, 3.63) is 44.4 Å². The summed E-state index contributed by atoms with van der Waals surface area (Å²) >= 11 is 2.25. The number of nitrogens with one attached hydrogen (secondary N) is 1. The summed E-state index contributed by atoms with van der Waals surface area (Å²) in [6.45, 7) is 5.70. The topological polar surface area (TPSA) is 55.1 Å². The normalized spacial score (nSPS) is 10.5. The molecule has 4 nitrogen and oxygen atoms in total. The fraction of sp³-hybridized carbons (Fsp3) is 0.286. The zero-order chi connectivity index (χ0) is 14.0. The fourth-order valence-electron chi connectivity index (χ4n) is 1.79.